The van der Waals surface area contributed by atoms with E-state index in [9.17, 15) is 4.79 Å². The molecular weight excluding hydrogens is 340 g/mol. The van der Waals surface area contributed by atoms with Crippen LogP contribution < -0.4 is 14.8 Å². The average molecular weight is 366 g/mol. The molecule has 1 atom stereocenters. The smallest absolute Gasteiger partial charge is 0.220 e. The van der Waals surface area contributed by atoms with E-state index in [4.69, 9.17) is 9.47 Å². The number of carbonyl (C=O) groups excluding carboxylic acids is 1. The first kappa shape index (κ1) is 18.8. The molecule has 5 heteroatoms. The van der Waals surface area contributed by atoms with Crippen molar-refractivity contribution in [3.63, 3.8) is 0 Å². The molecule has 5 nitrogen and oxygen atoms in total. The van der Waals surface area contributed by atoms with Crippen molar-refractivity contribution in [1.29, 1.82) is 0 Å². The van der Waals surface area contributed by atoms with Gasteiger partial charge >= 0.3 is 0 Å². The number of fused-ring (bicyclic) bond motifs is 1. The number of H-pyrrole nitrogens is 1. The van der Waals surface area contributed by atoms with Crippen molar-refractivity contribution in [3.05, 3.63) is 59.8 Å². The molecule has 0 radical (unpaired) electrons. The molecule has 0 aliphatic carbocycles. The molecule has 1 aromatic heterocycles. The van der Waals surface area contributed by atoms with E-state index in [1.807, 2.05) is 43.5 Å². The maximum Gasteiger partial charge on any atom is 0.220 e. The van der Waals surface area contributed by atoms with Crippen LogP contribution in [0.5, 0.6) is 11.5 Å². The molecule has 0 aliphatic heterocycles. The number of ether oxygens (including phenoxy) is 2. The van der Waals surface area contributed by atoms with Gasteiger partial charge in [-0.2, -0.15) is 0 Å². The zero-order valence-corrected chi connectivity index (χ0v) is 16.0. The van der Waals surface area contributed by atoms with Crippen LogP contribution in [0, 0.1) is 0 Å². The second-order valence-electron chi connectivity index (χ2n) is 6.61. The predicted molar refractivity (Wildman–Crippen MR) is 107 cm³/mol. The molecule has 27 heavy (non-hydrogen) atoms. The number of methoxy groups -OCH3 is 2. The Labute approximate surface area is 159 Å². The summed E-state index contributed by atoms with van der Waals surface area (Å²) in [6.07, 6.45) is 4.19. The van der Waals surface area contributed by atoms with Crippen molar-refractivity contribution in [3.8, 4) is 11.5 Å². The SMILES string of the molecule is COc1ccc(OC)c(C(C)NC(=O)CCCc2c[nH]c3ccccc23)c1. The molecule has 0 spiro atoms. The fourth-order valence-electron chi connectivity index (χ4n) is 3.35. The number of hydrogen-bond acceptors (Lipinski definition) is 3. The minimum Gasteiger partial charge on any atom is -0.497 e. The topological polar surface area (TPSA) is 63.4 Å². The lowest BCUT2D eigenvalue weighted by atomic mass is 10.0. The van der Waals surface area contributed by atoms with Gasteiger partial charge < -0.3 is 19.8 Å². The third-order valence-electron chi connectivity index (χ3n) is 4.81. The molecule has 3 aromatic rings. The highest BCUT2D eigenvalue weighted by Crippen LogP contribution is 2.29. The summed E-state index contributed by atoms with van der Waals surface area (Å²) in [6.45, 7) is 1.95. The number of aryl methyl sites for hydroxylation is 1. The standard InChI is InChI=1S/C22H26N2O3/c1-15(19-13-17(26-2)11-12-21(19)27-3)24-22(25)10-6-7-16-14-23-20-9-5-4-8-18(16)20/h4-5,8-9,11-15,23H,6-7,10H2,1-3H3,(H,24,25). The van der Waals surface area contributed by atoms with Gasteiger partial charge in [-0.05, 0) is 49.6 Å². The first-order valence-corrected chi connectivity index (χ1v) is 9.18. The van der Waals surface area contributed by atoms with Gasteiger partial charge in [-0.3, -0.25) is 4.79 Å². The molecule has 1 amide bonds. The summed E-state index contributed by atoms with van der Waals surface area (Å²) in [4.78, 5) is 15.7. The van der Waals surface area contributed by atoms with Gasteiger partial charge in [0.15, 0.2) is 0 Å². The maximum atomic E-state index is 12.4. The molecule has 0 saturated carbocycles. The number of aromatic nitrogens is 1. The van der Waals surface area contributed by atoms with Crippen LogP contribution >= 0.6 is 0 Å². The van der Waals surface area contributed by atoms with Gasteiger partial charge in [-0.25, -0.2) is 0 Å². The molecule has 0 saturated heterocycles. The third kappa shape index (κ3) is 4.42. The van der Waals surface area contributed by atoms with Crippen LogP contribution in [0.3, 0.4) is 0 Å². The zero-order chi connectivity index (χ0) is 19.2. The molecule has 0 aliphatic rings. The van der Waals surface area contributed by atoms with Crippen LogP contribution in [0.4, 0.5) is 0 Å². The molecule has 142 valence electrons. The Balaban J connectivity index is 1.56. The minimum absolute atomic E-state index is 0.0345. The summed E-state index contributed by atoms with van der Waals surface area (Å²) in [5.74, 6) is 1.51. The fourth-order valence-corrected chi connectivity index (χ4v) is 3.35. The van der Waals surface area contributed by atoms with Crippen molar-refractivity contribution in [2.24, 2.45) is 0 Å². The van der Waals surface area contributed by atoms with Crippen LogP contribution in [0.15, 0.2) is 48.7 Å². The number of carbonyl (C=O) groups is 1. The van der Waals surface area contributed by atoms with Crippen LogP contribution in [0.25, 0.3) is 10.9 Å². The van der Waals surface area contributed by atoms with Crippen molar-refractivity contribution >= 4 is 16.8 Å². The number of benzene rings is 2. The maximum absolute atomic E-state index is 12.4. The van der Waals surface area contributed by atoms with Gasteiger partial charge in [0.2, 0.25) is 5.91 Å². The monoisotopic (exact) mass is 366 g/mol. The Kier molecular flexibility index (Phi) is 6.01. The van der Waals surface area contributed by atoms with Gasteiger partial charge in [0, 0.05) is 29.1 Å². The van der Waals surface area contributed by atoms with E-state index in [-0.39, 0.29) is 11.9 Å². The number of para-hydroxylation sites is 1. The highest BCUT2D eigenvalue weighted by molar-refractivity contribution is 5.83. The Bertz CT molecular complexity index is 917. The molecule has 3 rings (SSSR count). The van der Waals surface area contributed by atoms with Crippen LogP contribution in [0.1, 0.15) is 36.9 Å². The Hall–Kier alpha value is -2.95. The quantitative estimate of drug-likeness (QED) is 0.622. The molecule has 2 aromatic carbocycles. The molecule has 1 heterocycles. The fraction of sp³-hybridized carbons (Fsp3) is 0.318. The molecule has 2 N–H and O–H groups in total. The first-order valence-electron chi connectivity index (χ1n) is 9.18. The summed E-state index contributed by atoms with van der Waals surface area (Å²) < 4.78 is 10.7. The third-order valence-corrected chi connectivity index (χ3v) is 4.81. The van der Waals surface area contributed by atoms with E-state index in [0.29, 0.717) is 6.42 Å². The highest BCUT2D eigenvalue weighted by Gasteiger charge is 2.15. The van der Waals surface area contributed by atoms with Gasteiger partial charge in [-0.15, -0.1) is 0 Å². The number of nitrogens with one attached hydrogen (secondary N) is 2. The largest absolute Gasteiger partial charge is 0.497 e. The van der Waals surface area contributed by atoms with Crippen molar-refractivity contribution in [2.45, 2.75) is 32.2 Å². The summed E-state index contributed by atoms with van der Waals surface area (Å²) >= 11 is 0. The summed E-state index contributed by atoms with van der Waals surface area (Å²) in [7, 11) is 3.25. The van der Waals surface area contributed by atoms with E-state index in [0.717, 1.165) is 35.4 Å². The first-order chi connectivity index (χ1) is 13.1. The average Bonchev–Trinajstić information content (AvgIpc) is 3.10. The number of amides is 1. The predicted octanol–water partition coefficient (Wildman–Crippen LogP) is 4.39. The number of aromatic amines is 1. The lowest BCUT2D eigenvalue weighted by molar-refractivity contribution is -0.121. The van der Waals surface area contributed by atoms with Gasteiger partial charge in [0.25, 0.3) is 0 Å². The zero-order valence-electron chi connectivity index (χ0n) is 16.0. The molecule has 0 fully saturated rings. The minimum atomic E-state index is -0.157. The highest BCUT2D eigenvalue weighted by atomic mass is 16.5. The van der Waals surface area contributed by atoms with Gasteiger partial charge in [-0.1, -0.05) is 18.2 Å². The van der Waals surface area contributed by atoms with E-state index in [2.05, 4.69) is 22.4 Å². The van der Waals surface area contributed by atoms with Crippen LogP contribution in [0.2, 0.25) is 0 Å². The van der Waals surface area contributed by atoms with Crippen molar-refractivity contribution in [1.82, 2.24) is 10.3 Å². The lowest BCUT2D eigenvalue weighted by Gasteiger charge is -2.18. The van der Waals surface area contributed by atoms with E-state index in [1.54, 1.807) is 14.2 Å². The number of hydrogen-bond donors (Lipinski definition) is 2. The van der Waals surface area contributed by atoms with Crippen LogP contribution in [-0.2, 0) is 11.2 Å². The number of rotatable bonds is 8. The normalized spacial score (nSPS) is 12.0. The van der Waals surface area contributed by atoms with Gasteiger partial charge in [0.1, 0.15) is 11.5 Å². The summed E-state index contributed by atoms with van der Waals surface area (Å²) in [5, 5.41) is 4.29. The lowest BCUT2D eigenvalue weighted by Crippen LogP contribution is -2.26. The summed E-state index contributed by atoms with van der Waals surface area (Å²) in [5.41, 5.74) is 3.29. The molecule has 1 unspecified atom stereocenters. The van der Waals surface area contributed by atoms with Crippen LogP contribution in [-0.4, -0.2) is 25.1 Å². The molecular formula is C22H26N2O3. The summed E-state index contributed by atoms with van der Waals surface area (Å²) in [6, 6.07) is 13.7. The van der Waals surface area contributed by atoms with Gasteiger partial charge in [0.05, 0.1) is 20.3 Å². The Morgan fingerprint density at radius 1 is 1.15 bits per heavy atom. The Morgan fingerprint density at radius 2 is 1.96 bits per heavy atom. The second-order valence-corrected chi connectivity index (χ2v) is 6.61. The second kappa shape index (κ2) is 8.62. The van der Waals surface area contributed by atoms with Crippen molar-refractivity contribution < 1.29 is 14.3 Å². The van der Waals surface area contributed by atoms with E-state index in [1.165, 1.54) is 10.9 Å². The van der Waals surface area contributed by atoms with E-state index >= 15 is 0 Å². The molecule has 0 bridgehead atoms. The Morgan fingerprint density at radius 3 is 2.74 bits per heavy atom. The van der Waals surface area contributed by atoms with Crippen molar-refractivity contribution in [2.75, 3.05) is 14.2 Å². The van der Waals surface area contributed by atoms with E-state index < -0.39 is 0 Å².